The fourth-order valence-electron chi connectivity index (χ4n) is 8.32. The van der Waals surface area contributed by atoms with Gasteiger partial charge in [-0.1, -0.05) is 133 Å². The fourth-order valence-corrected chi connectivity index (χ4v) is 8.32. The molecular formula is C48H32N2. The van der Waals surface area contributed by atoms with Crippen LogP contribution in [0.4, 0.5) is 0 Å². The largest absolute Gasteiger partial charge is 0.247 e. The molecule has 0 aliphatic carbocycles. The smallest absolute Gasteiger partial charge is 0.0791 e. The Balaban J connectivity index is 1.33. The van der Waals surface area contributed by atoms with Crippen LogP contribution < -0.4 is 0 Å². The van der Waals surface area contributed by atoms with Crippen molar-refractivity contribution in [2.24, 2.45) is 0 Å². The lowest BCUT2D eigenvalue weighted by molar-refractivity contribution is 1.39. The predicted octanol–water partition coefficient (Wildman–Crippen LogP) is 13.0. The van der Waals surface area contributed by atoms with Crippen molar-refractivity contribution >= 4 is 64.9 Å². The molecule has 0 amide bonds. The minimum absolute atomic E-state index is 0.994. The second-order valence-corrected chi connectivity index (χ2v) is 13.3. The maximum atomic E-state index is 5.47. The third-order valence-electron chi connectivity index (χ3n) is 10.5. The molecule has 0 aliphatic heterocycles. The first-order valence-electron chi connectivity index (χ1n) is 17.3. The molecule has 0 radical (unpaired) electrons. The van der Waals surface area contributed by atoms with Gasteiger partial charge in [-0.3, -0.25) is 0 Å². The first kappa shape index (κ1) is 28.6. The summed E-state index contributed by atoms with van der Waals surface area (Å²) >= 11 is 0. The summed E-state index contributed by atoms with van der Waals surface area (Å²) < 4.78 is 0. The van der Waals surface area contributed by atoms with Gasteiger partial charge in [0.25, 0.3) is 0 Å². The van der Waals surface area contributed by atoms with E-state index < -0.39 is 0 Å². The van der Waals surface area contributed by atoms with E-state index in [-0.39, 0.29) is 0 Å². The van der Waals surface area contributed by atoms with Crippen LogP contribution >= 0.6 is 0 Å². The van der Waals surface area contributed by atoms with Gasteiger partial charge in [-0.05, 0) is 92.7 Å². The van der Waals surface area contributed by atoms with E-state index in [0.29, 0.717) is 0 Å². The molecule has 2 aromatic heterocycles. The summed E-state index contributed by atoms with van der Waals surface area (Å²) in [6, 6.07) is 56.6. The van der Waals surface area contributed by atoms with Crippen molar-refractivity contribution in [3.05, 3.63) is 169 Å². The molecule has 0 spiro atoms. The number of aromatic nitrogens is 2. The lowest BCUT2D eigenvalue weighted by Crippen LogP contribution is -1.99. The number of para-hydroxylation sites is 2. The van der Waals surface area contributed by atoms with E-state index in [4.69, 9.17) is 9.97 Å². The van der Waals surface area contributed by atoms with Gasteiger partial charge in [-0.15, -0.1) is 0 Å². The summed E-state index contributed by atoms with van der Waals surface area (Å²) in [4.78, 5) is 10.8. The molecule has 50 heavy (non-hydrogen) atoms. The molecule has 2 heterocycles. The molecule has 2 nitrogen and oxygen atoms in total. The molecule has 0 aliphatic rings. The molecule has 0 atom stereocenters. The minimum Gasteiger partial charge on any atom is -0.247 e. The Kier molecular flexibility index (Phi) is 6.34. The van der Waals surface area contributed by atoms with Gasteiger partial charge in [0.15, 0.2) is 0 Å². The molecule has 0 N–H and O–H groups in total. The van der Waals surface area contributed by atoms with Crippen LogP contribution in [0.2, 0.25) is 0 Å². The summed E-state index contributed by atoms with van der Waals surface area (Å²) in [5.41, 5.74) is 11.1. The molecule has 0 bridgehead atoms. The van der Waals surface area contributed by atoms with E-state index in [1.54, 1.807) is 0 Å². The van der Waals surface area contributed by atoms with Crippen LogP contribution in [0.15, 0.2) is 158 Å². The third kappa shape index (κ3) is 4.22. The topological polar surface area (TPSA) is 25.8 Å². The molecule has 10 rings (SSSR count). The number of pyridine rings is 2. The van der Waals surface area contributed by atoms with Crippen LogP contribution in [0.25, 0.3) is 98.5 Å². The van der Waals surface area contributed by atoms with Crippen molar-refractivity contribution in [3.8, 4) is 33.6 Å². The Hall–Kier alpha value is -6.38. The molecule has 0 fully saturated rings. The number of benzene rings is 8. The number of rotatable bonds is 3. The normalized spacial score (nSPS) is 11.8. The van der Waals surface area contributed by atoms with E-state index in [2.05, 4.69) is 172 Å². The Morgan fingerprint density at radius 1 is 0.340 bits per heavy atom. The van der Waals surface area contributed by atoms with E-state index in [1.807, 2.05) is 0 Å². The highest BCUT2D eigenvalue weighted by Crippen LogP contribution is 2.46. The SMILES string of the molecule is Cc1c2c(-c3cccc(-c4cc5ccccc5c5ccccc45)c3)nc3ccccc3c2c(C)c2c(-c3ccccc3)nc3ccccc3c12. The standard InChI is InChI=1S/C48H32N2/c1-29-44-39-24-11-13-26-42(39)50-48(34-19-14-18-32(27-34)40-28-33-17-6-7-20-35(33)36-21-8-9-22-37(36)40)46(44)30(2)43-38-23-10-12-25-41(38)49-47(45(29)43)31-15-4-3-5-16-31/h3-28H,1-2H3. The van der Waals surface area contributed by atoms with Gasteiger partial charge in [-0.25, -0.2) is 9.97 Å². The minimum atomic E-state index is 0.994. The predicted molar refractivity (Wildman–Crippen MR) is 213 cm³/mol. The number of aryl methyl sites for hydroxylation is 2. The average molecular weight is 637 g/mol. The summed E-state index contributed by atoms with van der Waals surface area (Å²) in [6.07, 6.45) is 0. The average Bonchev–Trinajstić information content (AvgIpc) is 3.18. The highest BCUT2D eigenvalue weighted by atomic mass is 14.7. The summed E-state index contributed by atoms with van der Waals surface area (Å²) in [5, 5.41) is 12.3. The van der Waals surface area contributed by atoms with E-state index in [9.17, 15) is 0 Å². The molecule has 0 saturated carbocycles. The van der Waals surface area contributed by atoms with Crippen molar-refractivity contribution in [3.63, 3.8) is 0 Å². The maximum absolute atomic E-state index is 5.47. The zero-order valence-corrected chi connectivity index (χ0v) is 27.9. The lowest BCUT2D eigenvalue weighted by atomic mass is 9.85. The second kappa shape index (κ2) is 11.1. The van der Waals surface area contributed by atoms with Crippen LogP contribution in [0.3, 0.4) is 0 Å². The van der Waals surface area contributed by atoms with Gasteiger partial charge >= 0.3 is 0 Å². The molecule has 0 saturated heterocycles. The second-order valence-electron chi connectivity index (χ2n) is 13.3. The van der Waals surface area contributed by atoms with Crippen molar-refractivity contribution < 1.29 is 0 Å². The number of nitrogens with zero attached hydrogens (tertiary/aromatic N) is 2. The summed E-state index contributed by atoms with van der Waals surface area (Å²) in [5.74, 6) is 0. The van der Waals surface area contributed by atoms with Gasteiger partial charge in [0.2, 0.25) is 0 Å². The molecule has 0 unspecified atom stereocenters. The van der Waals surface area contributed by atoms with E-state index in [1.165, 1.54) is 70.7 Å². The Morgan fingerprint density at radius 2 is 0.820 bits per heavy atom. The van der Waals surface area contributed by atoms with Gasteiger partial charge in [0.05, 0.1) is 22.4 Å². The van der Waals surface area contributed by atoms with Crippen LogP contribution in [0, 0.1) is 13.8 Å². The van der Waals surface area contributed by atoms with Crippen LogP contribution in [0.5, 0.6) is 0 Å². The quantitative estimate of drug-likeness (QED) is 0.142. The Labute approximate surface area is 290 Å². The van der Waals surface area contributed by atoms with E-state index in [0.717, 1.165) is 38.9 Å². The first-order valence-corrected chi connectivity index (χ1v) is 17.3. The molecule has 2 heteroatoms. The number of hydrogen-bond acceptors (Lipinski definition) is 2. The summed E-state index contributed by atoms with van der Waals surface area (Å²) in [7, 11) is 0. The monoisotopic (exact) mass is 636 g/mol. The highest BCUT2D eigenvalue weighted by Gasteiger charge is 2.22. The number of fused-ring (bicyclic) bond motifs is 9. The van der Waals surface area contributed by atoms with Gasteiger partial charge in [0, 0.05) is 32.7 Å². The molecule has 8 aromatic carbocycles. The molecular weight excluding hydrogens is 605 g/mol. The molecule has 10 aromatic rings. The van der Waals surface area contributed by atoms with Crippen molar-refractivity contribution in [2.75, 3.05) is 0 Å². The lowest BCUT2D eigenvalue weighted by Gasteiger charge is -2.21. The fraction of sp³-hybridized carbons (Fsp3) is 0.0417. The zero-order chi connectivity index (χ0) is 33.3. The highest BCUT2D eigenvalue weighted by molar-refractivity contribution is 6.25. The molecule has 234 valence electrons. The maximum Gasteiger partial charge on any atom is 0.0791 e. The first-order chi connectivity index (χ1) is 24.7. The van der Waals surface area contributed by atoms with E-state index >= 15 is 0 Å². The Morgan fingerprint density at radius 3 is 1.48 bits per heavy atom. The Bertz CT molecular complexity index is 2990. The van der Waals surface area contributed by atoms with Crippen molar-refractivity contribution in [1.29, 1.82) is 0 Å². The van der Waals surface area contributed by atoms with Crippen LogP contribution in [0.1, 0.15) is 11.1 Å². The van der Waals surface area contributed by atoms with Crippen molar-refractivity contribution in [2.45, 2.75) is 13.8 Å². The van der Waals surface area contributed by atoms with Crippen molar-refractivity contribution in [1.82, 2.24) is 9.97 Å². The van der Waals surface area contributed by atoms with Crippen LogP contribution in [-0.2, 0) is 0 Å². The van der Waals surface area contributed by atoms with Gasteiger partial charge < -0.3 is 0 Å². The summed E-state index contributed by atoms with van der Waals surface area (Å²) in [6.45, 7) is 4.56. The van der Waals surface area contributed by atoms with Gasteiger partial charge in [-0.2, -0.15) is 0 Å². The van der Waals surface area contributed by atoms with Crippen LogP contribution in [-0.4, -0.2) is 9.97 Å². The number of hydrogen-bond donors (Lipinski definition) is 0. The third-order valence-corrected chi connectivity index (χ3v) is 10.5. The van der Waals surface area contributed by atoms with Gasteiger partial charge in [0.1, 0.15) is 0 Å². The zero-order valence-electron chi connectivity index (χ0n) is 27.9.